The van der Waals surface area contributed by atoms with Crippen molar-refractivity contribution < 1.29 is 10.2 Å². The lowest BCUT2D eigenvalue weighted by Gasteiger charge is -2.25. The first kappa shape index (κ1) is 12.0. The Morgan fingerprint density at radius 1 is 1.29 bits per heavy atom. The maximum absolute atomic E-state index is 9.73. The summed E-state index contributed by atoms with van der Waals surface area (Å²) >= 11 is 0. The highest BCUT2D eigenvalue weighted by Crippen LogP contribution is 2.12. The van der Waals surface area contributed by atoms with Crippen LogP contribution in [-0.4, -0.2) is 47.0 Å². The molecule has 0 bridgehead atoms. The Hall–Kier alpha value is -0.120. The Kier molecular flexibility index (Phi) is 4.85. The fraction of sp³-hybridized carbons (Fsp3) is 1.00. The number of aliphatic hydroxyl groups is 2. The van der Waals surface area contributed by atoms with Gasteiger partial charge in [0.1, 0.15) is 0 Å². The minimum absolute atomic E-state index is 0.129. The summed E-state index contributed by atoms with van der Waals surface area (Å²) in [5.74, 6) is 0.322. The summed E-state index contributed by atoms with van der Waals surface area (Å²) in [6, 6.07) is 0. The standard InChI is InChI=1S/C11H23NO2/c1-9(2)11(14)8-12-6-3-4-10(13)5-7-12/h9-11,13-14H,3-8H2,1-2H3. The third-order valence-electron chi connectivity index (χ3n) is 3.01. The molecule has 2 N–H and O–H groups in total. The number of hydrogen-bond acceptors (Lipinski definition) is 3. The van der Waals surface area contributed by atoms with Crippen molar-refractivity contribution >= 4 is 0 Å². The van der Waals surface area contributed by atoms with E-state index < -0.39 is 0 Å². The predicted molar refractivity (Wildman–Crippen MR) is 57.1 cm³/mol. The van der Waals surface area contributed by atoms with Crippen LogP contribution in [0.5, 0.6) is 0 Å². The van der Waals surface area contributed by atoms with Crippen LogP contribution in [0.1, 0.15) is 33.1 Å². The molecule has 1 rings (SSSR count). The van der Waals surface area contributed by atoms with Gasteiger partial charge in [-0.15, -0.1) is 0 Å². The third kappa shape index (κ3) is 3.95. The second-order valence-electron chi connectivity index (χ2n) is 4.70. The molecule has 2 atom stereocenters. The molecular weight excluding hydrogens is 178 g/mol. The Morgan fingerprint density at radius 3 is 2.64 bits per heavy atom. The average Bonchev–Trinajstić information content (AvgIpc) is 2.31. The summed E-state index contributed by atoms with van der Waals surface area (Å²) in [5.41, 5.74) is 0. The second-order valence-corrected chi connectivity index (χ2v) is 4.70. The average molecular weight is 201 g/mol. The zero-order valence-corrected chi connectivity index (χ0v) is 9.32. The van der Waals surface area contributed by atoms with E-state index in [1.165, 1.54) is 0 Å². The second kappa shape index (κ2) is 5.69. The summed E-state index contributed by atoms with van der Waals surface area (Å²) in [7, 11) is 0. The van der Waals surface area contributed by atoms with Crippen molar-refractivity contribution in [1.82, 2.24) is 4.90 Å². The van der Waals surface area contributed by atoms with Crippen LogP contribution in [0, 0.1) is 5.92 Å². The molecule has 1 aliphatic heterocycles. The molecule has 3 nitrogen and oxygen atoms in total. The van der Waals surface area contributed by atoms with Gasteiger partial charge in [0, 0.05) is 13.1 Å². The van der Waals surface area contributed by atoms with E-state index in [0.717, 1.165) is 38.9 Å². The van der Waals surface area contributed by atoms with Crippen LogP contribution in [0.3, 0.4) is 0 Å². The van der Waals surface area contributed by atoms with Crippen molar-refractivity contribution in [2.24, 2.45) is 5.92 Å². The van der Waals surface area contributed by atoms with Gasteiger partial charge in [0.2, 0.25) is 0 Å². The lowest BCUT2D eigenvalue weighted by Crippen LogP contribution is -2.35. The molecule has 0 spiro atoms. The van der Waals surface area contributed by atoms with Crippen LogP contribution >= 0.6 is 0 Å². The summed E-state index contributed by atoms with van der Waals surface area (Å²) in [6.45, 7) is 6.77. The van der Waals surface area contributed by atoms with E-state index in [-0.39, 0.29) is 12.2 Å². The molecule has 1 saturated heterocycles. The molecule has 0 aliphatic carbocycles. The van der Waals surface area contributed by atoms with Crippen LogP contribution in [0.15, 0.2) is 0 Å². The maximum Gasteiger partial charge on any atom is 0.0689 e. The maximum atomic E-state index is 9.73. The van der Waals surface area contributed by atoms with Crippen molar-refractivity contribution in [3.63, 3.8) is 0 Å². The molecule has 1 heterocycles. The van der Waals surface area contributed by atoms with E-state index in [0.29, 0.717) is 5.92 Å². The smallest absolute Gasteiger partial charge is 0.0689 e. The topological polar surface area (TPSA) is 43.7 Å². The number of likely N-dealkylation sites (tertiary alicyclic amines) is 1. The first-order valence-electron chi connectivity index (χ1n) is 5.68. The van der Waals surface area contributed by atoms with E-state index in [4.69, 9.17) is 0 Å². The van der Waals surface area contributed by atoms with Gasteiger partial charge < -0.3 is 15.1 Å². The van der Waals surface area contributed by atoms with Crippen LogP contribution in [-0.2, 0) is 0 Å². The SMILES string of the molecule is CC(C)C(O)CN1CCCC(O)CC1. The third-order valence-corrected chi connectivity index (χ3v) is 3.01. The van der Waals surface area contributed by atoms with Crippen molar-refractivity contribution in [3.05, 3.63) is 0 Å². The quantitative estimate of drug-likeness (QED) is 0.711. The van der Waals surface area contributed by atoms with E-state index >= 15 is 0 Å². The first-order valence-corrected chi connectivity index (χ1v) is 5.68. The molecule has 84 valence electrons. The van der Waals surface area contributed by atoms with Crippen molar-refractivity contribution in [1.29, 1.82) is 0 Å². The Morgan fingerprint density at radius 2 is 2.00 bits per heavy atom. The molecule has 1 aliphatic rings. The highest BCUT2D eigenvalue weighted by Gasteiger charge is 2.18. The zero-order valence-electron chi connectivity index (χ0n) is 9.32. The van der Waals surface area contributed by atoms with E-state index in [9.17, 15) is 10.2 Å². The summed E-state index contributed by atoms with van der Waals surface area (Å²) in [5, 5.41) is 19.2. The zero-order chi connectivity index (χ0) is 10.6. The van der Waals surface area contributed by atoms with Crippen molar-refractivity contribution in [2.45, 2.75) is 45.3 Å². The highest BCUT2D eigenvalue weighted by atomic mass is 16.3. The van der Waals surface area contributed by atoms with Gasteiger partial charge in [0.25, 0.3) is 0 Å². The molecule has 0 radical (unpaired) electrons. The molecule has 0 aromatic heterocycles. The number of hydrogen-bond donors (Lipinski definition) is 2. The molecule has 0 saturated carbocycles. The van der Waals surface area contributed by atoms with Crippen LogP contribution < -0.4 is 0 Å². The Balaban J connectivity index is 2.30. The van der Waals surface area contributed by atoms with Crippen LogP contribution in [0.25, 0.3) is 0 Å². The predicted octanol–water partition coefficient (Wildman–Crippen LogP) is 0.850. The monoisotopic (exact) mass is 201 g/mol. The fourth-order valence-corrected chi connectivity index (χ4v) is 1.80. The summed E-state index contributed by atoms with van der Waals surface area (Å²) < 4.78 is 0. The molecule has 3 heteroatoms. The number of β-amino-alcohol motifs (C(OH)–C–C–N with tert-alkyl or cyclic N) is 1. The number of aliphatic hydroxyl groups excluding tert-OH is 2. The molecule has 0 aromatic carbocycles. The van der Waals surface area contributed by atoms with Gasteiger partial charge >= 0.3 is 0 Å². The largest absolute Gasteiger partial charge is 0.393 e. The van der Waals surface area contributed by atoms with Crippen molar-refractivity contribution in [3.8, 4) is 0 Å². The van der Waals surface area contributed by atoms with Gasteiger partial charge in [-0.25, -0.2) is 0 Å². The first-order chi connectivity index (χ1) is 6.59. The van der Waals surface area contributed by atoms with E-state index in [1.54, 1.807) is 0 Å². The van der Waals surface area contributed by atoms with Crippen LogP contribution in [0.4, 0.5) is 0 Å². The Bertz CT molecular complexity index is 161. The fourth-order valence-electron chi connectivity index (χ4n) is 1.80. The van der Waals surface area contributed by atoms with E-state index in [1.807, 2.05) is 13.8 Å². The van der Waals surface area contributed by atoms with Gasteiger partial charge in [-0.2, -0.15) is 0 Å². The Labute approximate surface area is 86.7 Å². The van der Waals surface area contributed by atoms with Gasteiger partial charge in [0.05, 0.1) is 12.2 Å². The highest BCUT2D eigenvalue weighted by molar-refractivity contribution is 4.72. The molecule has 0 aromatic rings. The molecular formula is C11H23NO2. The lowest BCUT2D eigenvalue weighted by atomic mass is 10.1. The van der Waals surface area contributed by atoms with Crippen molar-refractivity contribution in [2.75, 3.05) is 19.6 Å². The minimum atomic E-state index is -0.231. The van der Waals surface area contributed by atoms with Gasteiger partial charge in [-0.1, -0.05) is 13.8 Å². The normalized spacial score (nSPS) is 27.6. The van der Waals surface area contributed by atoms with Gasteiger partial charge in [-0.3, -0.25) is 0 Å². The lowest BCUT2D eigenvalue weighted by molar-refractivity contribution is 0.0751. The molecule has 0 amide bonds. The van der Waals surface area contributed by atoms with E-state index in [2.05, 4.69) is 4.90 Å². The van der Waals surface area contributed by atoms with Gasteiger partial charge in [-0.05, 0) is 31.7 Å². The molecule has 2 unspecified atom stereocenters. The minimum Gasteiger partial charge on any atom is -0.393 e. The number of rotatable bonds is 3. The number of nitrogens with zero attached hydrogens (tertiary/aromatic N) is 1. The molecule has 14 heavy (non-hydrogen) atoms. The summed E-state index contributed by atoms with van der Waals surface area (Å²) in [4.78, 5) is 2.26. The van der Waals surface area contributed by atoms with Gasteiger partial charge in [0.15, 0.2) is 0 Å². The molecule has 1 fully saturated rings. The summed E-state index contributed by atoms with van der Waals surface area (Å²) in [6.07, 6.45) is 2.45. The van der Waals surface area contributed by atoms with Crippen LogP contribution in [0.2, 0.25) is 0 Å².